The van der Waals surface area contributed by atoms with Gasteiger partial charge in [0.05, 0.1) is 5.56 Å². The number of nitrogens with two attached hydrogens (primary N) is 1. The van der Waals surface area contributed by atoms with Crippen LogP contribution in [0.3, 0.4) is 0 Å². The topological polar surface area (TPSA) is 66.6 Å². The summed E-state index contributed by atoms with van der Waals surface area (Å²) >= 11 is 5.73. The molecule has 1 saturated heterocycles. The lowest BCUT2D eigenvalue weighted by atomic mass is 10.1. The molecule has 2 rings (SSSR count). The van der Waals surface area contributed by atoms with Crippen LogP contribution in [0.15, 0.2) is 18.2 Å². The van der Waals surface area contributed by atoms with Crippen LogP contribution < -0.4 is 5.73 Å². The van der Waals surface area contributed by atoms with Crippen LogP contribution >= 0.6 is 11.6 Å². The van der Waals surface area contributed by atoms with Gasteiger partial charge in [0.2, 0.25) is 0 Å². The minimum absolute atomic E-state index is 0.0298. The van der Waals surface area contributed by atoms with Gasteiger partial charge in [-0.15, -0.1) is 0 Å². The van der Waals surface area contributed by atoms with Crippen molar-refractivity contribution >= 4 is 17.5 Å². The number of phenols is 1. The second kappa shape index (κ2) is 4.94. The molecule has 0 spiro atoms. The van der Waals surface area contributed by atoms with Crippen molar-refractivity contribution in [2.75, 3.05) is 13.1 Å². The molecule has 17 heavy (non-hydrogen) atoms. The Kier molecular flexibility index (Phi) is 3.54. The zero-order valence-electron chi connectivity index (χ0n) is 9.40. The van der Waals surface area contributed by atoms with E-state index >= 15 is 0 Å². The molecule has 4 nitrogen and oxygen atoms in total. The third-order valence-corrected chi connectivity index (χ3v) is 3.17. The molecular formula is C12H15ClN2O2. The van der Waals surface area contributed by atoms with Gasteiger partial charge >= 0.3 is 0 Å². The van der Waals surface area contributed by atoms with Crippen molar-refractivity contribution in [1.82, 2.24) is 4.90 Å². The lowest BCUT2D eigenvalue weighted by molar-refractivity contribution is 0.0706. The fourth-order valence-corrected chi connectivity index (χ4v) is 2.22. The van der Waals surface area contributed by atoms with Crippen molar-refractivity contribution in [3.63, 3.8) is 0 Å². The van der Waals surface area contributed by atoms with Gasteiger partial charge < -0.3 is 15.7 Å². The monoisotopic (exact) mass is 254 g/mol. The van der Waals surface area contributed by atoms with Gasteiger partial charge in [-0.05, 0) is 31.0 Å². The average molecular weight is 255 g/mol. The Bertz CT molecular complexity index is 437. The number of carbonyl (C=O) groups is 1. The smallest absolute Gasteiger partial charge is 0.257 e. The summed E-state index contributed by atoms with van der Waals surface area (Å²) in [6.07, 6.45) is 1.84. The van der Waals surface area contributed by atoms with E-state index in [1.807, 2.05) is 0 Å². The van der Waals surface area contributed by atoms with Crippen molar-refractivity contribution in [2.45, 2.75) is 18.9 Å². The number of amides is 1. The predicted octanol–water partition coefficient (Wildman–Crippen LogP) is 1.61. The molecule has 0 bridgehead atoms. The molecule has 1 aliphatic rings. The van der Waals surface area contributed by atoms with E-state index in [2.05, 4.69) is 0 Å². The summed E-state index contributed by atoms with van der Waals surface area (Å²) in [7, 11) is 0. The third kappa shape index (κ3) is 2.70. The number of carbonyl (C=O) groups excluding carboxylic acids is 1. The zero-order chi connectivity index (χ0) is 12.4. The normalized spacial score (nSPS) is 20.4. The zero-order valence-corrected chi connectivity index (χ0v) is 10.2. The second-order valence-electron chi connectivity index (χ2n) is 4.31. The van der Waals surface area contributed by atoms with Crippen LogP contribution in [0.2, 0.25) is 5.02 Å². The van der Waals surface area contributed by atoms with E-state index in [0.29, 0.717) is 18.1 Å². The van der Waals surface area contributed by atoms with E-state index in [9.17, 15) is 9.90 Å². The lowest BCUT2D eigenvalue weighted by Crippen LogP contribution is -2.45. The lowest BCUT2D eigenvalue weighted by Gasteiger charge is -2.30. The second-order valence-corrected chi connectivity index (χ2v) is 4.75. The van der Waals surface area contributed by atoms with E-state index < -0.39 is 0 Å². The van der Waals surface area contributed by atoms with E-state index in [-0.39, 0.29) is 23.3 Å². The van der Waals surface area contributed by atoms with Crippen LogP contribution in [-0.4, -0.2) is 35.0 Å². The molecule has 1 aromatic carbocycles. The Morgan fingerprint density at radius 1 is 1.53 bits per heavy atom. The molecule has 1 aromatic rings. The highest BCUT2D eigenvalue weighted by Crippen LogP contribution is 2.24. The maximum absolute atomic E-state index is 12.1. The Balaban J connectivity index is 2.18. The Labute approximate surface area is 105 Å². The standard InChI is InChI=1S/C12H15ClN2O2/c13-8-3-4-10(11(16)6-8)12(17)15-5-1-2-9(14)7-15/h3-4,6,9,16H,1-2,5,7,14H2/t9-/m1/s1. The van der Waals surface area contributed by atoms with Crippen molar-refractivity contribution in [1.29, 1.82) is 0 Å². The molecule has 0 aromatic heterocycles. The van der Waals surface area contributed by atoms with Crippen molar-refractivity contribution in [3.8, 4) is 5.75 Å². The van der Waals surface area contributed by atoms with Gasteiger partial charge in [0, 0.05) is 24.2 Å². The Morgan fingerprint density at radius 2 is 2.29 bits per heavy atom. The highest BCUT2D eigenvalue weighted by Gasteiger charge is 2.24. The number of nitrogens with zero attached hydrogens (tertiary/aromatic N) is 1. The first-order chi connectivity index (χ1) is 8.08. The molecule has 0 saturated carbocycles. The summed E-state index contributed by atoms with van der Waals surface area (Å²) in [6.45, 7) is 1.23. The molecule has 5 heteroatoms. The van der Waals surface area contributed by atoms with Gasteiger partial charge in [0.1, 0.15) is 5.75 Å². The molecule has 1 aliphatic heterocycles. The van der Waals surface area contributed by atoms with E-state index in [0.717, 1.165) is 12.8 Å². The number of halogens is 1. The molecule has 1 amide bonds. The molecule has 3 N–H and O–H groups in total. The number of piperidine rings is 1. The van der Waals surface area contributed by atoms with Crippen LogP contribution in [0, 0.1) is 0 Å². The minimum Gasteiger partial charge on any atom is -0.507 e. The molecule has 0 aliphatic carbocycles. The van der Waals surface area contributed by atoms with Gasteiger partial charge in [-0.3, -0.25) is 4.79 Å². The molecule has 1 fully saturated rings. The summed E-state index contributed by atoms with van der Waals surface area (Å²) in [4.78, 5) is 13.8. The highest BCUT2D eigenvalue weighted by molar-refractivity contribution is 6.30. The summed E-state index contributed by atoms with van der Waals surface area (Å²) in [5.74, 6) is -0.268. The van der Waals surface area contributed by atoms with Crippen LogP contribution in [-0.2, 0) is 0 Å². The fraction of sp³-hybridized carbons (Fsp3) is 0.417. The summed E-state index contributed by atoms with van der Waals surface area (Å²) in [5, 5.41) is 10.1. The van der Waals surface area contributed by atoms with Crippen LogP contribution in [0.1, 0.15) is 23.2 Å². The van der Waals surface area contributed by atoms with Crippen LogP contribution in [0.5, 0.6) is 5.75 Å². The minimum atomic E-state index is -0.186. The van der Waals surface area contributed by atoms with Crippen LogP contribution in [0.4, 0.5) is 0 Å². The Hall–Kier alpha value is -1.26. The molecule has 0 radical (unpaired) electrons. The molecular weight excluding hydrogens is 240 g/mol. The number of benzene rings is 1. The van der Waals surface area contributed by atoms with Crippen molar-refractivity contribution in [3.05, 3.63) is 28.8 Å². The summed E-state index contributed by atoms with van der Waals surface area (Å²) in [5.41, 5.74) is 6.11. The van der Waals surface area contributed by atoms with Gasteiger partial charge in [0.25, 0.3) is 5.91 Å². The molecule has 0 unspecified atom stereocenters. The largest absolute Gasteiger partial charge is 0.507 e. The number of hydrogen-bond acceptors (Lipinski definition) is 3. The predicted molar refractivity (Wildman–Crippen MR) is 66.2 cm³/mol. The number of aromatic hydroxyl groups is 1. The quantitative estimate of drug-likeness (QED) is 0.800. The molecule has 1 heterocycles. The highest BCUT2D eigenvalue weighted by atomic mass is 35.5. The molecule has 1 atom stereocenters. The number of phenolic OH excluding ortho intramolecular Hbond substituents is 1. The first-order valence-electron chi connectivity index (χ1n) is 5.61. The van der Waals surface area contributed by atoms with Crippen molar-refractivity contribution in [2.24, 2.45) is 5.73 Å². The Morgan fingerprint density at radius 3 is 2.94 bits per heavy atom. The average Bonchev–Trinajstić information content (AvgIpc) is 2.28. The number of rotatable bonds is 1. The van der Waals surface area contributed by atoms with E-state index in [4.69, 9.17) is 17.3 Å². The number of hydrogen-bond donors (Lipinski definition) is 2. The third-order valence-electron chi connectivity index (χ3n) is 2.94. The van der Waals surface area contributed by atoms with Gasteiger partial charge in [-0.25, -0.2) is 0 Å². The number of likely N-dealkylation sites (tertiary alicyclic amines) is 1. The van der Waals surface area contributed by atoms with Gasteiger partial charge in [0.15, 0.2) is 0 Å². The van der Waals surface area contributed by atoms with Gasteiger partial charge in [-0.2, -0.15) is 0 Å². The van der Waals surface area contributed by atoms with Crippen LogP contribution in [0.25, 0.3) is 0 Å². The maximum Gasteiger partial charge on any atom is 0.257 e. The maximum atomic E-state index is 12.1. The first kappa shape index (κ1) is 12.2. The molecule has 92 valence electrons. The SMILES string of the molecule is N[C@@H]1CCCN(C(=O)c2ccc(Cl)cc2O)C1. The van der Waals surface area contributed by atoms with E-state index in [1.165, 1.54) is 6.07 Å². The van der Waals surface area contributed by atoms with Crippen molar-refractivity contribution < 1.29 is 9.90 Å². The van der Waals surface area contributed by atoms with E-state index in [1.54, 1.807) is 17.0 Å². The summed E-state index contributed by atoms with van der Waals surface area (Å²) < 4.78 is 0. The first-order valence-corrected chi connectivity index (χ1v) is 5.99. The fourth-order valence-electron chi connectivity index (χ4n) is 2.05. The van der Waals surface area contributed by atoms with Gasteiger partial charge in [-0.1, -0.05) is 11.6 Å². The summed E-state index contributed by atoms with van der Waals surface area (Å²) in [6, 6.07) is 4.54.